The molecule has 1 N–H and O–H groups in total. The second-order valence-corrected chi connectivity index (χ2v) is 5.70. The smallest absolute Gasteiger partial charge is 0.338 e. The van der Waals surface area contributed by atoms with Crippen molar-refractivity contribution in [3.05, 3.63) is 63.2 Å². The highest BCUT2D eigenvalue weighted by atomic mass is 127. The van der Waals surface area contributed by atoms with Crippen molar-refractivity contribution in [2.24, 2.45) is 0 Å². The number of anilines is 1. The number of amides is 1. The minimum Gasteiger partial charge on any atom is -0.452 e. The SMILES string of the molecule is Cc1ccccc1NC(=O)COC(=O)c1cccc(I)c1. The normalized spacial score (nSPS) is 10.0. The quantitative estimate of drug-likeness (QED) is 0.638. The first kappa shape index (κ1) is 15.5. The maximum atomic E-state index is 11.8. The molecular weight excluding hydrogens is 381 g/mol. The van der Waals surface area contributed by atoms with Crippen molar-refractivity contribution in [1.82, 2.24) is 0 Å². The van der Waals surface area contributed by atoms with Crippen LogP contribution in [0.15, 0.2) is 48.5 Å². The molecule has 0 bridgehead atoms. The molecule has 0 fully saturated rings. The standard InChI is InChI=1S/C16H14INO3/c1-11-5-2-3-8-14(11)18-15(19)10-21-16(20)12-6-4-7-13(17)9-12/h2-9H,10H2,1H3,(H,18,19). The summed E-state index contributed by atoms with van der Waals surface area (Å²) >= 11 is 2.11. The highest BCUT2D eigenvalue weighted by Crippen LogP contribution is 2.13. The Kier molecular flexibility index (Phi) is 5.32. The number of carbonyl (C=O) groups excluding carboxylic acids is 2. The molecule has 0 atom stereocenters. The molecule has 2 aromatic carbocycles. The summed E-state index contributed by atoms with van der Waals surface area (Å²) in [6.45, 7) is 1.59. The van der Waals surface area contributed by atoms with Crippen molar-refractivity contribution in [2.45, 2.75) is 6.92 Å². The van der Waals surface area contributed by atoms with E-state index in [1.165, 1.54) is 0 Å². The Bertz CT molecular complexity index is 670. The molecule has 0 radical (unpaired) electrons. The van der Waals surface area contributed by atoms with E-state index in [0.717, 1.165) is 9.13 Å². The highest BCUT2D eigenvalue weighted by Gasteiger charge is 2.11. The number of carbonyl (C=O) groups is 2. The van der Waals surface area contributed by atoms with Gasteiger partial charge in [-0.15, -0.1) is 0 Å². The fraction of sp³-hybridized carbons (Fsp3) is 0.125. The van der Waals surface area contributed by atoms with E-state index in [1.54, 1.807) is 24.3 Å². The van der Waals surface area contributed by atoms with Crippen molar-refractivity contribution in [3.8, 4) is 0 Å². The Morgan fingerprint density at radius 2 is 1.90 bits per heavy atom. The van der Waals surface area contributed by atoms with Gasteiger partial charge in [0.1, 0.15) is 0 Å². The summed E-state index contributed by atoms with van der Waals surface area (Å²) in [6, 6.07) is 14.4. The van der Waals surface area contributed by atoms with E-state index in [-0.39, 0.29) is 12.5 Å². The van der Waals surface area contributed by atoms with E-state index in [1.807, 2.05) is 31.2 Å². The van der Waals surface area contributed by atoms with E-state index < -0.39 is 5.97 Å². The third-order valence-electron chi connectivity index (χ3n) is 2.81. The Morgan fingerprint density at radius 3 is 2.62 bits per heavy atom. The summed E-state index contributed by atoms with van der Waals surface area (Å²) < 4.78 is 5.94. The van der Waals surface area contributed by atoms with Gasteiger partial charge >= 0.3 is 5.97 Å². The number of hydrogen-bond acceptors (Lipinski definition) is 3. The Balaban J connectivity index is 1.90. The van der Waals surface area contributed by atoms with Gasteiger partial charge in [0.05, 0.1) is 5.56 Å². The minimum absolute atomic E-state index is 0.307. The molecule has 0 heterocycles. The zero-order valence-electron chi connectivity index (χ0n) is 11.4. The number of hydrogen-bond donors (Lipinski definition) is 1. The third kappa shape index (κ3) is 4.56. The van der Waals surface area contributed by atoms with Crippen LogP contribution in [0.2, 0.25) is 0 Å². The summed E-state index contributed by atoms with van der Waals surface area (Å²) in [5.41, 5.74) is 2.10. The molecule has 1 amide bonds. The molecule has 0 saturated carbocycles. The van der Waals surface area contributed by atoms with Crippen molar-refractivity contribution in [1.29, 1.82) is 0 Å². The lowest BCUT2D eigenvalue weighted by Gasteiger charge is -2.08. The molecular formula is C16H14INO3. The molecule has 0 aliphatic heterocycles. The van der Waals surface area contributed by atoms with Gasteiger partial charge in [0, 0.05) is 9.26 Å². The van der Waals surface area contributed by atoms with Gasteiger partial charge in [-0.2, -0.15) is 0 Å². The fourth-order valence-corrected chi connectivity index (χ4v) is 2.27. The van der Waals surface area contributed by atoms with E-state index >= 15 is 0 Å². The first-order valence-electron chi connectivity index (χ1n) is 6.34. The third-order valence-corrected chi connectivity index (χ3v) is 3.48. The lowest BCUT2D eigenvalue weighted by molar-refractivity contribution is -0.119. The van der Waals surface area contributed by atoms with Gasteiger partial charge in [-0.05, 0) is 59.3 Å². The lowest BCUT2D eigenvalue weighted by atomic mass is 10.2. The molecule has 0 saturated heterocycles. The lowest BCUT2D eigenvalue weighted by Crippen LogP contribution is -2.21. The second kappa shape index (κ2) is 7.21. The number of benzene rings is 2. The van der Waals surface area contributed by atoms with Crippen LogP contribution in [0.25, 0.3) is 0 Å². The summed E-state index contributed by atoms with van der Waals surface area (Å²) in [5, 5.41) is 2.71. The van der Waals surface area contributed by atoms with E-state index in [9.17, 15) is 9.59 Å². The minimum atomic E-state index is -0.506. The van der Waals surface area contributed by atoms with Crippen molar-refractivity contribution >= 4 is 40.2 Å². The van der Waals surface area contributed by atoms with E-state index in [4.69, 9.17) is 4.74 Å². The zero-order valence-corrected chi connectivity index (χ0v) is 13.6. The first-order chi connectivity index (χ1) is 10.1. The number of halogens is 1. The average Bonchev–Trinajstić information content (AvgIpc) is 2.47. The largest absolute Gasteiger partial charge is 0.452 e. The number of rotatable bonds is 4. The van der Waals surface area contributed by atoms with Gasteiger partial charge in [0.25, 0.3) is 5.91 Å². The molecule has 2 aromatic rings. The Morgan fingerprint density at radius 1 is 1.14 bits per heavy atom. The van der Waals surface area contributed by atoms with Crippen molar-refractivity contribution in [2.75, 3.05) is 11.9 Å². The molecule has 0 aliphatic carbocycles. The van der Waals surface area contributed by atoms with Crippen LogP contribution in [-0.2, 0) is 9.53 Å². The van der Waals surface area contributed by atoms with Gasteiger partial charge in [0.2, 0.25) is 0 Å². The van der Waals surface area contributed by atoms with E-state index in [2.05, 4.69) is 27.9 Å². The summed E-state index contributed by atoms with van der Waals surface area (Å²) in [5.74, 6) is -0.864. The van der Waals surface area contributed by atoms with Gasteiger partial charge in [-0.1, -0.05) is 24.3 Å². The molecule has 0 unspecified atom stereocenters. The van der Waals surface area contributed by atoms with Gasteiger partial charge < -0.3 is 10.1 Å². The zero-order chi connectivity index (χ0) is 15.2. The molecule has 0 aliphatic rings. The summed E-state index contributed by atoms with van der Waals surface area (Å²) in [7, 11) is 0. The monoisotopic (exact) mass is 395 g/mol. The number of esters is 1. The number of aryl methyl sites for hydroxylation is 1. The number of nitrogens with one attached hydrogen (secondary N) is 1. The predicted molar refractivity (Wildman–Crippen MR) is 89.3 cm³/mol. The van der Waals surface area contributed by atoms with Crippen LogP contribution in [0.4, 0.5) is 5.69 Å². The van der Waals surface area contributed by atoms with Gasteiger partial charge in [-0.3, -0.25) is 4.79 Å². The fourth-order valence-electron chi connectivity index (χ4n) is 1.73. The van der Waals surface area contributed by atoms with Crippen LogP contribution in [0.1, 0.15) is 15.9 Å². The molecule has 5 heteroatoms. The molecule has 108 valence electrons. The summed E-state index contributed by atoms with van der Waals surface area (Å²) in [4.78, 5) is 23.6. The van der Waals surface area contributed by atoms with E-state index in [0.29, 0.717) is 11.3 Å². The van der Waals surface area contributed by atoms with Crippen LogP contribution < -0.4 is 5.32 Å². The first-order valence-corrected chi connectivity index (χ1v) is 7.42. The molecule has 0 aromatic heterocycles. The molecule has 4 nitrogen and oxygen atoms in total. The average molecular weight is 395 g/mol. The summed E-state index contributed by atoms with van der Waals surface area (Å²) in [6.07, 6.45) is 0. The Labute approximate surface area is 136 Å². The topological polar surface area (TPSA) is 55.4 Å². The van der Waals surface area contributed by atoms with Crippen LogP contribution in [0.5, 0.6) is 0 Å². The molecule has 2 rings (SSSR count). The van der Waals surface area contributed by atoms with Crippen LogP contribution in [-0.4, -0.2) is 18.5 Å². The van der Waals surface area contributed by atoms with Crippen molar-refractivity contribution in [3.63, 3.8) is 0 Å². The van der Waals surface area contributed by atoms with Gasteiger partial charge in [-0.25, -0.2) is 4.79 Å². The van der Waals surface area contributed by atoms with Crippen molar-refractivity contribution < 1.29 is 14.3 Å². The molecule has 21 heavy (non-hydrogen) atoms. The number of para-hydroxylation sites is 1. The highest BCUT2D eigenvalue weighted by molar-refractivity contribution is 14.1. The maximum Gasteiger partial charge on any atom is 0.338 e. The van der Waals surface area contributed by atoms with Crippen LogP contribution in [0, 0.1) is 10.5 Å². The Hall–Kier alpha value is -1.89. The van der Waals surface area contributed by atoms with Gasteiger partial charge in [0.15, 0.2) is 6.61 Å². The van der Waals surface area contributed by atoms with Crippen LogP contribution in [0.3, 0.4) is 0 Å². The predicted octanol–water partition coefficient (Wildman–Crippen LogP) is 3.40. The second-order valence-electron chi connectivity index (χ2n) is 4.45. The van der Waals surface area contributed by atoms with Crippen LogP contribution >= 0.6 is 22.6 Å². The maximum absolute atomic E-state index is 11.8. The number of ether oxygens (including phenoxy) is 1. The molecule has 0 spiro atoms.